The summed E-state index contributed by atoms with van der Waals surface area (Å²) in [5.74, 6) is 0.328. The molecule has 2 aromatic rings. The number of aromatic amines is 1. The van der Waals surface area contributed by atoms with Crippen LogP contribution in [-0.2, 0) is 4.74 Å². The number of nitrogens with zero attached hydrogens (tertiary/aromatic N) is 3. The maximum atomic E-state index is 13.1. The molecule has 24 heavy (non-hydrogen) atoms. The zero-order valence-electron chi connectivity index (χ0n) is 14.0. The van der Waals surface area contributed by atoms with Crippen molar-refractivity contribution in [1.82, 2.24) is 20.0 Å². The van der Waals surface area contributed by atoms with Gasteiger partial charge in [0.1, 0.15) is 11.4 Å². The van der Waals surface area contributed by atoms with Crippen LogP contribution in [0.25, 0.3) is 11.5 Å². The Morgan fingerprint density at radius 2 is 2.29 bits per heavy atom. The Bertz CT molecular complexity index is 719. The molecule has 1 aliphatic heterocycles. The number of piperidine rings is 1. The van der Waals surface area contributed by atoms with Gasteiger partial charge in [-0.15, -0.1) is 0 Å². The number of halogens is 1. The highest BCUT2D eigenvalue weighted by Gasteiger charge is 2.31. The van der Waals surface area contributed by atoms with Crippen molar-refractivity contribution in [1.29, 1.82) is 0 Å². The fourth-order valence-corrected chi connectivity index (χ4v) is 2.68. The summed E-state index contributed by atoms with van der Waals surface area (Å²) in [6, 6.07) is 1.31. The second kappa shape index (κ2) is 6.26. The van der Waals surface area contributed by atoms with Gasteiger partial charge in [0.15, 0.2) is 0 Å². The van der Waals surface area contributed by atoms with Gasteiger partial charge >= 0.3 is 6.09 Å². The van der Waals surface area contributed by atoms with Crippen LogP contribution >= 0.6 is 0 Å². The monoisotopic (exact) mass is 336 g/mol. The summed E-state index contributed by atoms with van der Waals surface area (Å²) >= 11 is 0. The minimum absolute atomic E-state index is 0.0488. The largest absolute Gasteiger partial charge is 0.444 e. The number of carbonyl (C=O) groups excluding carboxylic acids is 1. The van der Waals surface area contributed by atoms with E-state index in [4.69, 9.17) is 9.26 Å². The molecule has 3 heterocycles. The molecular formula is C16H21FN4O3. The highest BCUT2D eigenvalue weighted by atomic mass is 19.1. The van der Waals surface area contributed by atoms with Crippen LogP contribution in [0, 0.1) is 5.82 Å². The molecular weight excluding hydrogens is 315 g/mol. The summed E-state index contributed by atoms with van der Waals surface area (Å²) in [6.45, 7) is 6.63. The van der Waals surface area contributed by atoms with Crippen LogP contribution in [0.5, 0.6) is 0 Å². The maximum absolute atomic E-state index is 13.1. The number of H-pyrrole nitrogens is 1. The van der Waals surface area contributed by atoms with Gasteiger partial charge in [0.05, 0.1) is 11.6 Å². The average molecular weight is 336 g/mol. The Kier molecular flexibility index (Phi) is 4.29. The summed E-state index contributed by atoms with van der Waals surface area (Å²) < 4.78 is 23.8. The molecule has 1 atom stereocenters. The van der Waals surface area contributed by atoms with Crippen molar-refractivity contribution in [3.63, 3.8) is 0 Å². The van der Waals surface area contributed by atoms with E-state index in [-0.39, 0.29) is 17.8 Å². The molecule has 1 aliphatic rings. The van der Waals surface area contributed by atoms with Crippen molar-refractivity contribution in [3.05, 3.63) is 24.0 Å². The molecule has 8 heteroatoms. The molecule has 0 bridgehead atoms. The quantitative estimate of drug-likeness (QED) is 0.909. The number of amides is 1. The number of rotatable bonds is 2. The lowest BCUT2D eigenvalue weighted by molar-refractivity contribution is 0.0189. The van der Waals surface area contributed by atoms with Gasteiger partial charge in [0.2, 0.25) is 11.7 Å². The molecule has 1 amide bonds. The lowest BCUT2D eigenvalue weighted by atomic mass is 9.98. The minimum Gasteiger partial charge on any atom is -0.444 e. The predicted molar refractivity (Wildman–Crippen MR) is 83.8 cm³/mol. The fraction of sp³-hybridized carbons (Fsp3) is 0.562. The van der Waals surface area contributed by atoms with E-state index in [1.165, 1.54) is 12.3 Å². The van der Waals surface area contributed by atoms with Crippen LogP contribution < -0.4 is 0 Å². The van der Waals surface area contributed by atoms with Crippen LogP contribution in [-0.4, -0.2) is 44.8 Å². The third-order valence-corrected chi connectivity index (χ3v) is 3.75. The number of hydrogen-bond donors (Lipinski definition) is 1. The smallest absolute Gasteiger partial charge is 0.410 e. The maximum Gasteiger partial charge on any atom is 0.410 e. The lowest BCUT2D eigenvalue weighted by Gasteiger charge is -2.32. The summed E-state index contributed by atoms with van der Waals surface area (Å²) in [4.78, 5) is 21.0. The van der Waals surface area contributed by atoms with Crippen LogP contribution in [0.2, 0.25) is 0 Å². The third-order valence-electron chi connectivity index (χ3n) is 3.75. The van der Waals surface area contributed by atoms with Crippen LogP contribution in [0.1, 0.15) is 45.4 Å². The summed E-state index contributed by atoms with van der Waals surface area (Å²) in [7, 11) is 0. The molecule has 1 N–H and O–H groups in total. The topological polar surface area (TPSA) is 84.2 Å². The first-order valence-electron chi connectivity index (χ1n) is 7.97. The first kappa shape index (κ1) is 16.5. The second-order valence-electron chi connectivity index (χ2n) is 6.95. The SMILES string of the molecule is CC(C)(C)OC(=O)N1CCC[C@H](c2nc(-c3cc(F)c[nH]3)no2)C1. The van der Waals surface area contributed by atoms with E-state index in [0.29, 0.717) is 30.5 Å². The van der Waals surface area contributed by atoms with Crippen molar-refractivity contribution < 1.29 is 18.4 Å². The molecule has 1 fully saturated rings. The fourth-order valence-electron chi connectivity index (χ4n) is 2.68. The van der Waals surface area contributed by atoms with E-state index in [1.54, 1.807) is 4.90 Å². The van der Waals surface area contributed by atoms with E-state index < -0.39 is 5.60 Å². The van der Waals surface area contributed by atoms with Crippen molar-refractivity contribution in [2.24, 2.45) is 0 Å². The van der Waals surface area contributed by atoms with E-state index in [2.05, 4.69) is 15.1 Å². The number of carbonyl (C=O) groups is 1. The summed E-state index contributed by atoms with van der Waals surface area (Å²) in [5, 5.41) is 3.89. The van der Waals surface area contributed by atoms with Gasteiger partial charge in [-0.3, -0.25) is 0 Å². The Balaban J connectivity index is 1.69. The van der Waals surface area contributed by atoms with Crippen LogP contribution in [0.3, 0.4) is 0 Å². The number of likely N-dealkylation sites (tertiary alicyclic amines) is 1. The van der Waals surface area contributed by atoms with Gasteiger partial charge in [-0.1, -0.05) is 5.16 Å². The Morgan fingerprint density at radius 1 is 1.50 bits per heavy atom. The lowest BCUT2D eigenvalue weighted by Crippen LogP contribution is -2.42. The molecule has 0 unspecified atom stereocenters. The van der Waals surface area contributed by atoms with Gasteiger partial charge in [-0.2, -0.15) is 4.98 Å². The number of nitrogens with one attached hydrogen (secondary N) is 1. The molecule has 0 saturated carbocycles. The van der Waals surface area contributed by atoms with E-state index in [1.807, 2.05) is 20.8 Å². The van der Waals surface area contributed by atoms with Crippen LogP contribution in [0.4, 0.5) is 9.18 Å². The number of ether oxygens (including phenoxy) is 1. The van der Waals surface area contributed by atoms with Gasteiger partial charge < -0.3 is 19.1 Å². The van der Waals surface area contributed by atoms with E-state index in [0.717, 1.165) is 12.8 Å². The highest BCUT2D eigenvalue weighted by Crippen LogP contribution is 2.28. The Morgan fingerprint density at radius 3 is 2.96 bits per heavy atom. The van der Waals surface area contributed by atoms with Gasteiger partial charge in [-0.05, 0) is 33.6 Å². The van der Waals surface area contributed by atoms with Crippen molar-refractivity contribution in [3.8, 4) is 11.5 Å². The average Bonchev–Trinajstić information content (AvgIpc) is 3.14. The highest BCUT2D eigenvalue weighted by molar-refractivity contribution is 5.68. The Labute approximate surface area is 139 Å². The van der Waals surface area contributed by atoms with Gasteiger partial charge in [0, 0.05) is 25.4 Å². The molecule has 0 spiro atoms. The Hall–Kier alpha value is -2.38. The summed E-state index contributed by atoms with van der Waals surface area (Å²) in [6.07, 6.45) is 2.58. The molecule has 0 radical (unpaired) electrons. The minimum atomic E-state index is -0.528. The molecule has 0 aromatic carbocycles. The molecule has 7 nitrogen and oxygen atoms in total. The van der Waals surface area contributed by atoms with E-state index in [9.17, 15) is 9.18 Å². The zero-order valence-corrected chi connectivity index (χ0v) is 14.0. The number of hydrogen-bond acceptors (Lipinski definition) is 5. The third kappa shape index (κ3) is 3.74. The zero-order chi connectivity index (χ0) is 17.3. The standard InChI is InChI=1S/C16H21FN4O3/c1-16(2,3)23-15(22)21-6-4-5-10(9-21)14-19-13(20-24-14)12-7-11(17)8-18-12/h7-8,10,18H,4-6,9H2,1-3H3/t10-/m0/s1. The molecule has 1 saturated heterocycles. The second-order valence-corrected chi connectivity index (χ2v) is 6.95. The molecule has 0 aliphatic carbocycles. The van der Waals surface area contributed by atoms with Crippen molar-refractivity contribution in [2.75, 3.05) is 13.1 Å². The number of aromatic nitrogens is 3. The van der Waals surface area contributed by atoms with Crippen LogP contribution in [0.15, 0.2) is 16.8 Å². The van der Waals surface area contributed by atoms with Gasteiger partial charge in [0.25, 0.3) is 0 Å². The van der Waals surface area contributed by atoms with Gasteiger partial charge in [-0.25, -0.2) is 9.18 Å². The normalized spacial score (nSPS) is 18.7. The van der Waals surface area contributed by atoms with Crippen molar-refractivity contribution in [2.45, 2.75) is 45.1 Å². The molecule has 130 valence electrons. The predicted octanol–water partition coefficient (Wildman–Crippen LogP) is 3.32. The first-order chi connectivity index (χ1) is 11.3. The first-order valence-corrected chi connectivity index (χ1v) is 7.97. The summed E-state index contributed by atoms with van der Waals surface area (Å²) in [5.41, 5.74) is -0.0679. The van der Waals surface area contributed by atoms with E-state index >= 15 is 0 Å². The molecule has 3 rings (SSSR count). The molecule has 2 aromatic heterocycles. The van der Waals surface area contributed by atoms with Crippen molar-refractivity contribution >= 4 is 6.09 Å².